The van der Waals surface area contributed by atoms with Gasteiger partial charge in [-0.1, -0.05) is 0 Å². The second kappa shape index (κ2) is 7.85. The van der Waals surface area contributed by atoms with Gasteiger partial charge in [0, 0.05) is 18.7 Å². The smallest absolute Gasteiger partial charge is 0.293 e. The molecule has 0 heterocycles. The average Bonchev–Trinajstić information content (AvgIpc) is 2.61. The Labute approximate surface area is 151 Å². The zero-order chi connectivity index (χ0) is 20.3. The van der Waals surface area contributed by atoms with Crippen molar-refractivity contribution in [3.05, 3.63) is 63.5 Å². The molecule has 27 heavy (non-hydrogen) atoms. The number of nitrogens with one attached hydrogen (secondary N) is 1. The van der Waals surface area contributed by atoms with E-state index in [0.29, 0.717) is 6.07 Å². The molecule has 0 radical (unpaired) electrons. The highest BCUT2D eigenvalue weighted by Gasteiger charge is 2.21. The van der Waals surface area contributed by atoms with Crippen LogP contribution in [0, 0.1) is 27.6 Å². The number of hydrogen-bond acceptors (Lipinski definition) is 5. The molecular formula is C17H14F3N3O4. The van der Waals surface area contributed by atoms with Gasteiger partial charge >= 0.3 is 0 Å². The SMILES string of the molecule is CC(=O)c1ccc(N(C)CC(=O)Nc2ccc(F)c(F)c2F)c([N+](=O)[O-])c1. The second-order valence-electron chi connectivity index (χ2n) is 5.64. The van der Waals surface area contributed by atoms with Gasteiger partial charge in [-0.3, -0.25) is 19.7 Å². The Kier molecular flexibility index (Phi) is 5.78. The van der Waals surface area contributed by atoms with Crippen molar-refractivity contribution in [2.24, 2.45) is 0 Å². The maximum Gasteiger partial charge on any atom is 0.293 e. The molecule has 2 rings (SSSR count). The normalized spacial score (nSPS) is 10.4. The minimum atomic E-state index is -1.73. The lowest BCUT2D eigenvalue weighted by atomic mass is 10.1. The predicted molar refractivity (Wildman–Crippen MR) is 91.3 cm³/mol. The third-order valence-electron chi connectivity index (χ3n) is 3.68. The molecule has 142 valence electrons. The van der Waals surface area contributed by atoms with Crippen molar-refractivity contribution in [3.63, 3.8) is 0 Å². The number of benzene rings is 2. The number of amides is 1. The number of nitro benzene ring substituents is 1. The molecule has 10 heteroatoms. The molecular weight excluding hydrogens is 367 g/mol. The first-order valence-electron chi connectivity index (χ1n) is 7.55. The predicted octanol–water partition coefficient (Wildman–Crippen LogP) is 3.29. The Hall–Kier alpha value is -3.43. The van der Waals surface area contributed by atoms with Gasteiger partial charge in [-0.05, 0) is 31.2 Å². The summed E-state index contributed by atoms with van der Waals surface area (Å²) in [6.07, 6.45) is 0. The maximum absolute atomic E-state index is 13.6. The molecule has 0 aliphatic rings. The van der Waals surface area contributed by atoms with E-state index in [4.69, 9.17) is 0 Å². The molecule has 0 fully saturated rings. The Morgan fingerprint density at radius 2 is 1.81 bits per heavy atom. The van der Waals surface area contributed by atoms with E-state index in [1.165, 1.54) is 31.0 Å². The lowest BCUT2D eigenvalue weighted by molar-refractivity contribution is -0.384. The van der Waals surface area contributed by atoms with Gasteiger partial charge in [0.2, 0.25) is 5.91 Å². The van der Waals surface area contributed by atoms with Crippen LogP contribution in [-0.2, 0) is 4.79 Å². The van der Waals surface area contributed by atoms with Crippen LogP contribution < -0.4 is 10.2 Å². The summed E-state index contributed by atoms with van der Waals surface area (Å²) in [6, 6.07) is 5.27. The number of Topliss-reactive ketones (excluding diaryl/α,β-unsaturated/α-hetero) is 1. The van der Waals surface area contributed by atoms with Crippen molar-refractivity contribution in [2.45, 2.75) is 6.92 Å². The van der Waals surface area contributed by atoms with E-state index in [1.807, 2.05) is 0 Å². The summed E-state index contributed by atoms with van der Waals surface area (Å²) >= 11 is 0. The number of anilines is 2. The van der Waals surface area contributed by atoms with E-state index in [9.17, 15) is 32.9 Å². The lowest BCUT2D eigenvalue weighted by Crippen LogP contribution is -2.31. The van der Waals surface area contributed by atoms with Crippen LogP contribution in [0.15, 0.2) is 30.3 Å². The summed E-state index contributed by atoms with van der Waals surface area (Å²) in [5.41, 5.74) is -0.774. The molecule has 2 aromatic rings. The molecule has 0 unspecified atom stereocenters. The third kappa shape index (κ3) is 4.40. The van der Waals surface area contributed by atoms with Gasteiger partial charge in [0.15, 0.2) is 23.2 Å². The highest BCUT2D eigenvalue weighted by Crippen LogP contribution is 2.29. The molecule has 0 aromatic heterocycles. The Bertz CT molecular complexity index is 934. The zero-order valence-corrected chi connectivity index (χ0v) is 14.3. The van der Waals surface area contributed by atoms with Gasteiger partial charge in [0.1, 0.15) is 5.69 Å². The molecule has 2 aromatic carbocycles. The number of hydrogen-bond donors (Lipinski definition) is 1. The van der Waals surface area contributed by atoms with E-state index in [2.05, 4.69) is 5.32 Å². The quantitative estimate of drug-likeness (QED) is 0.359. The molecule has 1 amide bonds. The van der Waals surface area contributed by atoms with E-state index < -0.39 is 46.2 Å². The van der Waals surface area contributed by atoms with E-state index >= 15 is 0 Å². The summed E-state index contributed by atoms with van der Waals surface area (Å²) in [6.45, 7) is 0.810. The molecule has 7 nitrogen and oxygen atoms in total. The molecule has 0 bridgehead atoms. The van der Waals surface area contributed by atoms with Gasteiger partial charge in [0.05, 0.1) is 17.2 Å². The van der Waals surface area contributed by atoms with Crippen LogP contribution in [0.25, 0.3) is 0 Å². The molecule has 0 saturated carbocycles. The monoisotopic (exact) mass is 381 g/mol. The third-order valence-corrected chi connectivity index (χ3v) is 3.68. The van der Waals surface area contributed by atoms with Gasteiger partial charge in [-0.15, -0.1) is 0 Å². The summed E-state index contributed by atoms with van der Waals surface area (Å²) in [7, 11) is 1.37. The largest absolute Gasteiger partial charge is 0.360 e. The summed E-state index contributed by atoms with van der Waals surface area (Å²) in [5.74, 6) is -5.85. The van der Waals surface area contributed by atoms with Crippen molar-refractivity contribution < 1.29 is 27.7 Å². The molecule has 0 spiro atoms. The topological polar surface area (TPSA) is 92.6 Å². The number of nitrogens with zero attached hydrogens (tertiary/aromatic N) is 2. The van der Waals surface area contributed by atoms with Crippen LogP contribution in [0.3, 0.4) is 0 Å². The number of rotatable bonds is 6. The van der Waals surface area contributed by atoms with Crippen LogP contribution in [0.1, 0.15) is 17.3 Å². The van der Waals surface area contributed by atoms with E-state index in [1.54, 1.807) is 0 Å². The van der Waals surface area contributed by atoms with Gasteiger partial charge in [-0.2, -0.15) is 0 Å². The molecule has 0 atom stereocenters. The van der Waals surface area contributed by atoms with Crippen molar-refractivity contribution in [1.29, 1.82) is 0 Å². The first-order valence-corrected chi connectivity index (χ1v) is 7.55. The fourth-order valence-electron chi connectivity index (χ4n) is 2.32. The Morgan fingerprint density at radius 1 is 1.15 bits per heavy atom. The number of nitro groups is 1. The molecule has 0 aliphatic carbocycles. The van der Waals surface area contributed by atoms with Crippen molar-refractivity contribution in [3.8, 4) is 0 Å². The Morgan fingerprint density at radius 3 is 2.41 bits per heavy atom. The van der Waals surface area contributed by atoms with E-state index in [0.717, 1.165) is 12.1 Å². The first kappa shape index (κ1) is 19.9. The number of ketones is 1. The van der Waals surface area contributed by atoms with Crippen molar-refractivity contribution in [1.82, 2.24) is 0 Å². The lowest BCUT2D eigenvalue weighted by Gasteiger charge is -2.19. The average molecular weight is 381 g/mol. The zero-order valence-electron chi connectivity index (χ0n) is 14.3. The van der Waals surface area contributed by atoms with Crippen LogP contribution in [-0.4, -0.2) is 30.2 Å². The van der Waals surface area contributed by atoms with Crippen LogP contribution in [0.2, 0.25) is 0 Å². The standard InChI is InChI=1S/C17H14F3N3O4/c1-9(24)10-3-6-13(14(7-10)23(26)27)22(2)8-15(25)21-12-5-4-11(18)16(19)17(12)20/h3-7H,8H2,1-2H3,(H,21,25). The molecule has 0 saturated heterocycles. The minimum Gasteiger partial charge on any atom is -0.360 e. The second-order valence-corrected chi connectivity index (χ2v) is 5.64. The molecule has 1 N–H and O–H groups in total. The van der Waals surface area contributed by atoms with Crippen LogP contribution >= 0.6 is 0 Å². The van der Waals surface area contributed by atoms with Crippen LogP contribution in [0.4, 0.5) is 30.2 Å². The number of carbonyl (C=O) groups is 2. The van der Waals surface area contributed by atoms with Crippen LogP contribution in [0.5, 0.6) is 0 Å². The fourth-order valence-corrected chi connectivity index (χ4v) is 2.32. The summed E-state index contributed by atoms with van der Waals surface area (Å²) in [5, 5.41) is 13.3. The van der Waals surface area contributed by atoms with Crippen molar-refractivity contribution in [2.75, 3.05) is 23.8 Å². The maximum atomic E-state index is 13.6. The van der Waals surface area contributed by atoms with Gasteiger partial charge < -0.3 is 10.2 Å². The first-order chi connectivity index (χ1) is 12.6. The summed E-state index contributed by atoms with van der Waals surface area (Å²) in [4.78, 5) is 35.1. The number of likely N-dealkylation sites (N-methyl/N-ethyl adjacent to an activating group) is 1. The minimum absolute atomic E-state index is 0.0471. The highest BCUT2D eigenvalue weighted by molar-refractivity contribution is 5.97. The van der Waals surface area contributed by atoms with Crippen molar-refractivity contribution >= 4 is 28.8 Å². The fraction of sp³-hybridized carbons (Fsp3) is 0.176. The number of carbonyl (C=O) groups excluding carboxylic acids is 2. The van der Waals surface area contributed by atoms with Gasteiger partial charge in [0.25, 0.3) is 5.69 Å². The highest BCUT2D eigenvalue weighted by atomic mass is 19.2. The number of halogens is 3. The van der Waals surface area contributed by atoms with Gasteiger partial charge in [-0.25, -0.2) is 13.2 Å². The Balaban J connectivity index is 2.21. The molecule has 0 aliphatic heterocycles. The van der Waals surface area contributed by atoms with E-state index in [-0.39, 0.29) is 17.0 Å². The summed E-state index contributed by atoms with van der Waals surface area (Å²) < 4.78 is 39.7.